The predicted octanol–water partition coefficient (Wildman–Crippen LogP) is 3.11. The molecule has 0 radical (unpaired) electrons. The van der Waals surface area contributed by atoms with Crippen LogP contribution in [0.4, 0.5) is 8.78 Å². The number of likely N-dealkylation sites (N-methyl/N-ethyl adjacent to an activating group) is 1. The number of furan rings is 1. The average molecular weight is 631 g/mol. The number of rotatable bonds is 6. The molecule has 2 aromatic carbocycles. The van der Waals surface area contributed by atoms with Gasteiger partial charge in [0.2, 0.25) is 10.0 Å². The van der Waals surface area contributed by atoms with Crippen molar-refractivity contribution in [3.63, 3.8) is 0 Å². The van der Waals surface area contributed by atoms with E-state index in [9.17, 15) is 27.1 Å². The van der Waals surface area contributed by atoms with Crippen molar-refractivity contribution in [2.45, 2.75) is 18.0 Å². The molecule has 4 heterocycles. The minimum Gasteiger partial charge on any atom is -0.456 e. The summed E-state index contributed by atoms with van der Waals surface area (Å²) in [6.07, 6.45) is 4.52. The first-order valence-corrected chi connectivity index (χ1v) is 16.1. The summed E-state index contributed by atoms with van der Waals surface area (Å²) in [7, 11) is -0.761. The van der Waals surface area contributed by atoms with Crippen LogP contribution in [0.1, 0.15) is 33.6 Å². The molecule has 3 unspecified atom stereocenters. The third kappa shape index (κ3) is 4.51. The first-order chi connectivity index (χ1) is 21.5. The number of hydrogen-bond acceptors (Lipinski definition) is 6. The first-order valence-electron chi connectivity index (χ1n) is 14.2. The van der Waals surface area contributed by atoms with Crippen LogP contribution in [-0.2, 0) is 10.0 Å². The topological polar surface area (TPSA) is 118 Å². The number of nitrogens with one attached hydrogen (secondary N) is 1. The Morgan fingerprint density at radius 1 is 1.11 bits per heavy atom. The Morgan fingerprint density at radius 2 is 1.87 bits per heavy atom. The Kier molecular flexibility index (Phi) is 6.77. The van der Waals surface area contributed by atoms with Crippen molar-refractivity contribution in [3.05, 3.63) is 99.8 Å². The Morgan fingerprint density at radius 3 is 2.56 bits per heavy atom. The number of carbonyl (C=O) groups excluding carboxylic acids is 1. The third-order valence-corrected chi connectivity index (χ3v) is 10.0. The molecule has 5 aromatic rings. The van der Waals surface area contributed by atoms with Crippen molar-refractivity contribution in [1.29, 1.82) is 0 Å². The van der Waals surface area contributed by atoms with E-state index in [1.165, 1.54) is 48.7 Å². The normalized spacial score (nSPS) is 18.7. The van der Waals surface area contributed by atoms with Gasteiger partial charge in [0, 0.05) is 47.4 Å². The summed E-state index contributed by atoms with van der Waals surface area (Å²) in [4.78, 5) is 18.2. The van der Waals surface area contributed by atoms with E-state index >= 15 is 0 Å². The van der Waals surface area contributed by atoms with Gasteiger partial charge in [-0.1, -0.05) is 18.2 Å². The van der Waals surface area contributed by atoms with Crippen LogP contribution in [-0.4, -0.2) is 66.3 Å². The van der Waals surface area contributed by atoms with E-state index in [0.717, 1.165) is 11.8 Å². The Labute approximate surface area is 256 Å². The second kappa shape index (κ2) is 10.5. The lowest BCUT2D eigenvalue weighted by atomic mass is 9.89. The van der Waals surface area contributed by atoms with Crippen molar-refractivity contribution >= 4 is 39.0 Å². The zero-order valence-electron chi connectivity index (χ0n) is 24.5. The van der Waals surface area contributed by atoms with Crippen LogP contribution in [0.2, 0.25) is 0 Å². The van der Waals surface area contributed by atoms with Gasteiger partial charge in [-0.05, 0) is 54.6 Å². The van der Waals surface area contributed by atoms with Crippen LogP contribution in [0.3, 0.4) is 0 Å². The van der Waals surface area contributed by atoms with Crippen LogP contribution < -0.4 is 16.0 Å². The van der Waals surface area contributed by atoms with Crippen molar-refractivity contribution in [1.82, 2.24) is 19.2 Å². The number of aromatic nitrogens is 2. The number of pyridine rings is 1. The molecule has 2 N–H and O–H groups in total. The molecule has 1 aliphatic heterocycles. The van der Waals surface area contributed by atoms with Gasteiger partial charge in [-0.2, -0.15) is 4.31 Å². The SMILES string of the molecule is CNC(=O)c1c(-c2ccc(F)cc2)oc2c1=CC(c1ccc3c(n1)-c1cc4c(F)cccc4n1C3CO)C(N(C)S(C)(=O)=O)C=2. The molecule has 12 heteroatoms. The standard InChI is InChI=1S/C33H28F2N4O5S/c1-36-33(41)30-22-13-21(26(38(2)45(3,42)43)15-29(22)44-32(30)17-7-9-18(34)10-8-17)24-12-11-19-28(16-40)39-25-6-4-5-23(35)20(25)14-27(39)31(19)37-24/h4-15,21,26,28,40H,16H2,1-3H3,(H,36,41). The molecule has 0 bridgehead atoms. The molecule has 0 saturated carbocycles. The van der Waals surface area contributed by atoms with Crippen LogP contribution in [0, 0.1) is 11.6 Å². The molecular weight excluding hydrogens is 602 g/mol. The summed E-state index contributed by atoms with van der Waals surface area (Å²) in [5, 5.41) is 13.9. The van der Waals surface area contributed by atoms with E-state index in [1.54, 1.807) is 36.4 Å². The summed E-state index contributed by atoms with van der Waals surface area (Å²) in [6.45, 7) is -0.232. The maximum absolute atomic E-state index is 14.8. The molecule has 7 rings (SSSR count). The fourth-order valence-corrected chi connectivity index (χ4v) is 7.09. The van der Waals surface area contributed by atoms with Gasteiger partial charge in [0.05, 0.1) is 47.4 Å². The number of fused-ring (bicyclic) bond motifs is 6. The van der Waals surface area contributed by atoms with Gasteiger partial charge in [-0.3, -0.25) is 9.78 Å². The molecule has 45 heavy (non-hydrogen) atoms. The number of halogens is 2. The van der Waals surface area contributed by atoms with E-state index in [-0.39, 0.29) is 23.7 Å². The van der Waals surface area contributed by atoms with Gasteiger partial charge in [0.1, 0.15) is 22.8 Å². The number of aliphatic hydroxyl groups excluding tert-OH is 1. The molecule has 2 aliphatic rings. The highest BCUT2D eigenvalue weighted by atomic mass is 32.2. The quantitative estimate of drug-likeness (QED) is 0.298. The zero-order chi connectivity index (χ0) is 31.8. The van der Waals surface area contributed by atoms with Crippen molar-refractivity contribution < 1.29 is 31.5 Å². The van der Waals surface area contributed by atoms with E-state index in [4.69, 9.17) is 9.40 Å². The lowest BCUT2D eigenvalue weighted by Gasteiger charge is -2.30. The van der Waals surface area contributed by atoms with Crippen LogP contribution >= 0.6 is 0 Å². The number of carbonyl (C=O) groups is 1. The van der Waals surface area contributed by atoms with E-state index < -0.39 is 39.7 Å². The maximum atomic E-state index is 14.8. The van der Waals surface area contributed by atoms with E-state index in [2.05, 4.69) is 5.32 Å². The van der Waals surface area contributed by atoms with Crippen molar-refractivity contribution in [2.75, 3.05) is 27.0 Å². The maximum Gasteiger partial charge on any atom is 0.255 e. The molecule has 3 atom stereocenters. The fourth-order valence-electron chi connectivity index (χ4n) is 6.45. The fraction of sp³-hybridized carbons (Fsp3) is 0.212. The minimum absolute atomic E-state index is 0.215. The van der Waals surface area contributed by atoms with Crippen molar-refractivity contribution in [3.8, 4) is 22.7 Å². The van der Waals surface area contributed by atoms with Crippen LogP contribution in [0.5, 0.6) is 0 Å². The molecule has 9 nitrogen and oxygen atoms in total. The molecule has 230 valence electrons. The van der Waals surface area contributed by atoms with Gasteiger partial charge in [-0.25, -0.2) is 17.2 Å². The molecular formula is C33H28F2N4O5S. The van der Waals surface area contributed by atoms with Gasteiger partial charge < -0.3 is 19.4 Å². The zero-order valence-corrected chi connectivity index (χ0v) is 25.3. The summed E-state index contributed by atoms with van der Waals surface area (Å²) >= 11 is 0. The van der Waals surface area contributed by atoms with Gasteiger partial charge in [-0.15, -0.1) is 0 Å². The van der Waals surface area contributed by atoms with Crippen molar-refractivity contribution in [2.24, 2.45) is 0 Å². The Balaban J connectivity index is 1.46. The largest absolute Gasteiger partial charge is 0.456 e. The predicted molar refractivity (Wildman–Crippen MR) is 165 cm³/mol. The Hall–Kier alpha value is -4.65. The number of hydrogen-bond donors (Lipinski definition) is 2. The van der Waals surface area contributed by atoms with Crippen LogP contribution in [0.25, 0.3) is 45.8 Å². The van der Waals surface area contributed by atoms with Crippen LogP contribution in [0.15, 0.2) is 65.1 Å². The number of sulfonamides is 1. The first kappa shape index (κ1) is 29.1. The van der Waals surface area contributed by atoms with E-state index in [0.29, 0.717) is 44.2 Å². The summed E-state index contributed by atoms with van der Waals surface area (Å²) in [5.41, 5.74) is 4.05. The molecule has 1 amide bonds. The second-order valence-electron chi connectivity index (χ2n) is 11.2. The Bertz CT molecular complexity index is 2260. The highest BCUT2D eigenvalue weighted by molar-refractivity contribution is 7.88. The third-order valence-electron chi connectivity index (χ3n) is 8.72. The summed E-state index contributed by atoms with van der Waals surface area (Å²) in [5.74, 6) is -1.73. The average Bonchev–Trinajstić information content (AvgIpc) is 3.68. The highest BCUT2D eigenvalue weighted by Gasteiger charge is 2.37. The molecule has 1 aliphatic carbocycles. The number of benzene rings is 2. The summed E-state index contributed by atoms with van der Waals surface area (Å²) in [6, 6.07) is 14.4. The molecule has 0 saturated heterocycles. The number of amides is 1. The lowest BCUT2D eigenvalue weighted by molar-refractivity contribution is 0.0962. The molecule has 0 spiro atoms. The summed E-state index contributed by atoms with van der Waals surface area (Å²) < 4.78 is 63.4. The smallest absolute Gasteiger partial charge is 0.255 e. The van der Waals surface area contributed by atoms with Gasteiger partial charge in [0.15, 0.2) is 0 Å². The van der Waals surface area contributed by atoms with Gasteiger partial charge in [0.25, 0.3) is 5.91 Å². The lowest BCUT2D eigenvalue weighted by Crippen LogP contribution is -2.45. The number of aliphatic hydroxyl groups is 1. The second-order valence-corrected chi connectivity index (χ2v) is 13.3. The molecule has 3 aromatic heterocycles. The van der Waals surface area contributed by atoms with Gasteiger partial charge >= 0.3 is 0 Å². The highest BCUT2D eigenvalue weighted by Crippen LogP contribution is 2.44. The number of nitrogens with zero attached hydrogens (tertiary/aromatic N) is 3. The molecule has 0 fully saturated rings. The monoisotopic (exact) mass is 630 g/mol. The minimum atomic E-state index is -3.71. The van der Waals surface area contributed by atoms with E-state index in [1.807, 2.05) is 10.6 Å².